The van der Waals surface area contributed by atoms with Crippen molar-refractivity contribution in [1.82, 2.24) is 0 Å². The van der Waals surface area contributed by atoms with Gasteiger partial charge in [0, 0.05) is 12.1 Å². The van der Waals surface area contributed by atoms with Crippen LogP contribution < -0.4 is 5.32 Å². The van der Waals surface area contributed by atoms with Crippen LogP contribution in [0.25, 0.3) is 0 Å². The second-order valence-electron chi connectivity index (χ2n) is 4.85. The Kier molecular flexibility index (Phi) is 4.55. The number of anilines is 1. The highest BCUT2D eigenvalue weighted by atomic mass is 16.5. The van der Waals surface area contributed by atoms with Gasteiger partial charge in [0.15, 0.2) is 0 Å². The van der Waals surface area contributed by atoms with E-state index >= 15 is 0 Å². The van der Waals surface area contributed by atoms with Gasteiger partial charge < -0.3 is 10.1 Å². The van der Waals surface area contributed by atoms with Crippen molar-refractivity contribution < 1.29 is 14.3 Å². The maximum absolute atomic E-state index is 11.7. The van der Waals surface area contributed by atoms with Gasteiger partial charge in [-0.1, -0.05) is 6.42 Å². The number of benzene rings is 1. The van der Waals surface area contributed by atoms with Crippen molar-refractivity contribution in [3.63, 3.8) is 0 Å². The molecule has 1 aromatic carbocycles. The van der Waals surface area contributed by atoms with Crippen LogP contribution in [0.4, 0.5) is 5.69 Å². The van der Waals surface area contributed by atoms with Crippen LogP contribution in [0, 0.1) is 5.92 Å². The van der Waals surface area contributed by atoms with E-state index in [1.807, 2.05) is 0 Å². The molecule has 0 saturated heterocycles. The van der Waals surface area contributed by atoms with Gasteiger partial charge in [-0.2, -0.15) is 0 Å². The molecule has 1 aliphatic rings. The first-order chi connectivity index (χ1) is 9.19. The molecule has 0 bridgehead atoms. The lowest BCUT2D eigenvalue weighted by Gasteiger charge is -2.24. The molecule has 0 aromatic heterocycles. The highest BCUT2D eigenvalue weighted by molar-refractivity contribution is 5.93. The summed E-state index contributed by atoms with van der Waals surface area (Å²) in [6, 6.07) is 6.78. The third kappa shape index (κ3) is 3.81. The fourth-order valence-corrected chi connectivity index (χ4v) is 2.08. The molecular formula is C15H19NO3. The Bertz CT molecular complexity index is 449. The second-order valence-corrected chi connectivity index (χ2v) is 4.85. The molecule has 0 unspecified atom stereocenters. The molecule has 1 saturated carbocycles. The summed E-state index contributed by atoms with van der Waals surface area (Å²) in [4.78, 5) is 23.2. The zero-order valence-corrected chi connectivity index (χ0v) is 11.1. The first kappa shape index (κ1) is 13.6. The van der Waals surface area contributed by atoms with Crippen molar-refractivity contribution in [2.45, 2.75) is 32.6 Å². The van der Waals surface area contributed by atoms with Crippen molar-refractivity contribution in [2.24, 2.45) is 5.92 Å². The van der Waals surface area contributed by atoms with Crippen LogP contribution in [0.2, 0.25) is 0 Å². The summed E-state index contributed by atoms with van der Waals surface area (Å²) in [6.07, 6.45) is 4.16. The molecular weight excluding hydrogens is 242 g/mol. The van der Waals surface area contributed by atoms with Crippen molar-refractivity contribution in [1.29, 1.82) is 0 Å². The zero-order valence-electron chi connectivity index (χ0n) is 11.1. The van der Waals surface area contributed by atoms with E-state index in [1.54, 1.807) is 31.2 Å². The monoisotopic (exact) mass is 261 g/mol. The van der Waals surface area contributed by atoms with Crippen LogP contribution in [0.15, 0.2) is 24.3 Å². The minimum atomic E-state index is -0.338. The lowest BCUT2D eigenvalue weighted by Crippen LogP contribution is -2.20. The molecule has 0 spiro atoms. The molecule has 4 heteroatoms. The lowest BCUT2D eigenvalue weighted by atomic mass is 9.83. The Balaban J connectivity index is 1.87. The lowest BCUT2D eigenvalue weighted by molar-refractivity contribution is -0.117. The van der Waals surface area contributed by atoms with Crippen molar-refractivity contribution in [3.8, 4) is 0 Å². The molecule has 19 heavy (non-hydrogen) atoms. The molecule has 0 radical (unpaired) electrons. The van der Waals surface area contributed by atoms with E-state index in [0.29, 0.717) is 24.5 Å². The van der Waals surface area contributed by atoms with E-state index in [1.165, 1.54) is 6.42 Å². The molecule has 0 heterocycles. The third-order valence-corrected chi connectivity index (χ3v) is 3.38. The number of nitrogens with one attached hydrogen (secondary N) is 1. The summed E-state index contributed by atoms with van der Waals surface area (Å²) in [5, 5.41) is 2.85. The van der Waals surface area contributed by atoms with Crippen LogP contribution in [0.1, 0.15) is 43.0 Å². The number of hydrogen-bond donors (Lipinski definition) is 1. The van der Waals surface area contributed by atoms with Crippen molar-refractivity contribution >= 4 is 17.6 Å². The Morgan fingerprint density at radius 1 is 1.26 bits per heavy atom. The molecule has 1 amide bonds. The van der Waals surface area contributed by atoms with Gasteiger partial charge in [0.1, 0.15) is 0 Å². The van der Waals surface area contributed by atoms with Crippen LogP contribution >= 0.6 is 0 Å². The summed E-state index contributed by atoms with van der Waals surface area (Å²) in [5.74, 6) is 0.266. The van der Waals surface area contributed by atoms with Gasteiger partial charge in [-0.15, -0.1) is 0 Å². The van der Waals surface area contributed by atoms with E-state index in [9.17, 15) is 9.59 Å². The SMILES string of the molecule is CCOC(=O)c1ccc(NC(=O)CC2CCC2)cc1. The quantitative estimate of drug-likeness (QED) is 0.829. The third-order valence-electron chi connectivity index (χ3n) is 3.38. The van der Waals surface area contributed by atoms with Gasteiger partial charge in [-0.05, 0) is 49.9 Å². The first-order valence-corrected chi connectivity index (χ1v) is 6.76. The fourth-order valence-electron chi connectivity index (χ4n) is 2.08. The number of rotatable bonds is 5. The number of ether oxygens (including phenoxy) is 1. The maximum Gasteiger partial charge on any atom is 0.338 e. The van der Waals surface area contributed by atoms with Gasteiger partial charge in [0.25, 0.3) is 0 Å². The van der Waals surface area contributed by atoms with Crippen LogP contribution in [0.5, 0.6) is 0 Å². The summed E-state index contributed by atoms with van der Waals surface area (Å²) in [5.41, 5.74) is 1.22. The number of amides is 1. The van der Waals surface area contributed by atoms with Crippen LogP contribution in [-0.4, -0.2) is 18.5 Å². The second kappa shape index (κ2) is 6.36. The van der Waals surface area contributed by atoms with Crippen molar-refractivity contribution in [3.05, 3.63) is 29.8 Å². The van der Waals surface area contributed by atoms with Crippen LogP contribution in [0.3, 0.4) is 0 Å². The Labute approximate surface area is 113 Å². The van der Waals surface area contributed by atoms with E-state index in [4.69, 9.17) is 4.74 Å². The van der Waals surface area contributed by atoms with E-state index in [2.05, 4.69) is 5.32 Å². The highest BCUT2D eigenvalue weighted by Crippen LogP contribution is 2.29. The molecule has 2 rings (SSSR count). The summed E-state index contributed by atoms with van der Waals surface area (Å²) in [6.45, 7) is 2.13. The number of carbonyl (C=O) groups is 2. The molecule has 1 fully saturated rings. The first-order valence-electron chi connectivity index (χ1n) is 6.76. The molecule has 0 aliphatic heterocycles. The Morgan fingerprint density at radius 2 is 1.95 bits per heavy atom. The normalized spacial score (nSPS) is 14.6. The fraction of sp³-hybridized carbons (Fsp3) is 0.467. The average molecular weight is 261 g/mol. The minimum Gasteiger partial charge on any atom is -0.462 e. The highest BCUT2D eigenvalue weighted by Gasteiger charge is 2.20. The van der Waals surface area contributed by atoms with Gasteiger partial charge in [-0.25, -0.2) is 4.79 Å². The molecule has 102 valence electrons. The predicted octanol–water partition coefficient (Wildman–Crippen LogP) is 2.99. The van der Waals surface area contributed by atoms with Gasteiger partial charge in [-0.3, -0.25) is 4.79 Å². The standard InChI is InChI=1S/C15H19NO3/c1-2-19-15(18)12-6-8-13(9-7-12)16-14(17)10-11-4-3-5-11/h6-9,11H,2-5,10H2,1H3,(H,16,17). The molecule has 1 aliphatic carbocycles. The maximum atomic E-state index is 11.7. The van der Waals surface area contributed by atoms with Crippen LogP contribution in [-0.2, 0) is 9.53 Å². The summed E-state index contributed by atoms with van der Waals surface area (Å²) in [7, 11) is 0. The summed E-state index contributed by atoms with van der Waals surface area (Å²) < 4.78 is 4.90. The number of esters is 1. The zero-order chi connectivity index (χ0) is 13.7. The molecule has 1 N–H and O–H groups in total. The molecule has 4 nitrogen and oxygen atoms in total. The van der Waals surface area contributed by atoms with Crippen molar-refractivity contribution in [2.75, 3.05) is 11.9 Å². The number of carbonyl (C=O) groups excluding carboxylic acids is 2. The largest absolute Gasteiger partial charge is 0.462 e. The number of hydrogen-bond acceptors (Lipinski definition) is 3. The van der Waals surface area contributed by atoms with E-state index in [-0.39, 0.29) is 11.9 Å². The smallest absolute Gasteiger partial charge is 0.338 e. The molecule has 1 aromatic rings. The van der Waals surface area contributed by atoms with Gasteiger partial charge in [0.05, 0.1) is 12.2 Å². The van der Waals surface area contributed by atoms with E-state index in [0.717, 1.165) is 18.5 Å². The minimum absolute atomic E-state index is 0.0496. The Hall–Kier alpha value is -1.84. The average Bonchev–Trinajstić information content (AvgIpc) is 2.35. The van der Waals surface area contributed by atoms with Gasteiger partial charge >= 0.3 is 5.97 Å². The topological polar surface area (TPSA) is 55.4 Å². The molecule has 0 atom stereocenters. The summed E-state index contributed by atoms with van der Waals surface area (Å²) >= 11 is 0. The predicted molar refractivity (Wildman–Crippen MR) is 73.0 cm³/mol. The van der Waals surface area contributed by atoms with E-state index < -0.39 is 0 Å². The van der Waals surface area contributed by atoms with Gasteiger partial charge in [0.2, 0.25) is 5.91 Å². The Morgan fingerprint density at radius 3 is 2.47 bits per heavy atom.